The summed E-state index contributed by atoms with van der Waals surface area (Å²) in [5.41, 5.74) is -0.385. The highest BCUT2D eigenvalue weighted by Gasteiger charge is 2.34. The Kier molecular flexibility index (Phi) is 4.67. The lowest BCUT2D eigenvalue weighted by molar-refractivity contribution is -0.137. The molecule has 25 heavy (non-hydrogen) atoms. The van der Waals surface area contributed by atoms with Crippen LogP contribution in [0, 0.1) is 0 Å². The maximum atomic E-state index is 13.1. The van der Waals surface area contributed by atoms with E-state index in [1.54, 1.807) is 24.3 Å². The van der Waals surface area contributed by atoms with Crippen molar-refractivity contribution in [3.8, 4) is 11.3 Å². The minimum absolute atomic E-state index is 0.0196. The van der Waals surface area contributed by atoms with Crippen LogP contribution < -0.4 is 5.32 Å². The summed E-state index contributed by atoms with van der Waals surface area (Å²) in [6.07, 6.45) is -4.51. The zero-order valence-corrected chi connectivity index (χ0v) is 14.2. The molecule has 0 atom stereocenters. The number of alkyl halides is 3. The van der Waals surface area contributed by atoms with Crippen LogP contribution >= 0.6 is 15.9 Å². The molecule has 7 heteroatoms. The third-order valence-electron chi connectivity index (χ3n) is 3.43. The van der Waals surface area contributed by atoms with E-state index in [-0.39, 0.29) is 17.1 Å². The highest BCUT2D eigenvalue weighted by molar-refractivity contribution is 9.10. The van der Waals surface area contributed by atoms with Gasteiger partial charge in [-0.1, -0.05) is 34.1 Å². The molecule has 1 amide bonds. The first kappa shape index (κ1) is 17.3. The minimum atomic E-state index is -4.51. The largest absolute Gasteiger partial charge is 0.451 e. The molecular weight excluding hydrogens is 399 g/mol. The van der Waals surface area contributed by atoms with Gasteiger partial charge >= 0.3 is 6.18 Å². The third kappa shape index (κ3) is 3.93. The zero-order chi connectivity index (χ0) is 18.0. The molecule has 0 unspecified atom stereocenters. The lowest BCUT2D eigenvalue weighted by Crippen LogP contribution is -2.10. The van der Waals surface area contributed by atoms with Crippen LogP contribution in [0.3, 0.4) is 0 Å². The molecule has 0 saturated carbocycles. The van der Waals surface area contributed by atoms with E-state index in [9.17, 15) is 18.0 Å². The van der Waals surface area contributed by atoms with Gasteiger partial charge in [0.15, 0.2) is 5.76 Å². The maximum absolute atomic E-state index is 13.1. The monoisotopic (exact) mass is 409 g/mol. The maximum Gasteiger partial charge on any atom is 0.417 e. The predicted octanol–water partition coefficient (Wildman–Crippen LogP) is 5.98. The first-order valence-corrected chi connectivity index (χ1v) is 7.97. The summed E-state index contributed by atoms with van der Waals surface area (Å²) in [7, 11) is 0. The van der Waals surface area contributed by atoms with E-state index in [1.807, 2.05) is 0 Å². The molecule has 0 aliphatic rings. The van der Waals surface area contributed by atoms with Gasteiger partial charge in [0.05, 0.1) is 5.56 Å². The Bertz CT molecular complexity index is 901. The lowest BCUT2D eigenvalue weighted by atomic mass is 10.1. The SMILES string of the molecule is O=C(Nc1ccc(Br)cc1)c1ccc(-c2ccccc2C(F)(F)F)o1. The molecular formula is C18H11BrF3NO2. The molecule has 2 aromatic carbocycles. The summed E-state index contributed by atoms with van der Waals surface area (Å²) in [6, 6.07) is 14.6. The standard InChI is InChI=1S/C18H11BrF3NO2/c19-11-5-7-12(8-6-11)23-17(24)16-10-9-15(25-16)13-3-1-2-4-14(13)18(20,21)22/h1-10H,(H,23,24). The third-order valence-corrected chi connectivity index (χ3v) is 3.96. The highest BCUT2D eigenvalue weighted by atomic mass is 79.9. The molecule has 0 aliphatic heterocycles. The normalized spacial score (nSPS) is 11.4. The van der Waals surface area contributed by atoms with E-state index in [4.69, 9.17) is 4.42 Å². The number of nitrogens with one attached hydrogen (secondary N) is 1. The van der Waals surface area contributed by atoms with E-state index in [1.165, 1.54) is 30.3 Å². The van der Waals surface area contributed by atoms with Crippen molar-refractivity contribution in [2.75, 3.05) is 5.32 Å². The van der Waals surface area contributed by atoms with Crippen molar-refractivity contribution >= 4 is 27.5 Å². The van der Waals surface area contributed by atoms with Gasteiger partial charge in [-0.25, -0.2) is 0 Å². The molecule has 0 saturated heterocycles. The van der Waals surface area contributed by atoms with E-state index in [0.29, 0.717) is 5.69 Å². The minimum Gasteiger partial charge on any atom is -0.451 e. The second-order valence-corrected chi connectivity index (χ2v) is 6.08. The van der Waals surface area contributed by atoms with Gasteiger partial charge in [-0.2, -0.15) is 13.2 Å². The fourth-order valence-electron chi connectivity index (χ4n) is 2.28. The first-order chi connectivity index (χ1) is 11.8. The van der Waals surface area contributed by atoms with Crippen LogP contribution in [0.15, 0.2) is 69.6 Å². The molecule has 3 rings (SSSR count). The summed E-state index contributed by atoms with van der Waals surface area (Å²) in [5, 5.41) is 2.62. The van der Waals surface area contributed by atoms with Crippen molar-refractivity contribution in [3.05, 3.63) is 76.5 Å². The molecule has 1 heterocycles. The fraction of sp³-hybridized carbons (Fsp3) is 0.0556. The van der Waals surface area contributed by atoms with Crippen molar-refractivity contribution in [2.45, 2.75) is 6.18 Å². The number of amides is 1. The molecule has 128 valence electrons. The number of hydrogen-bond donors (Lipinski definition) is 1. The Morgan fingerprint density at radius 3 is 2.32 bits per heavy atom. The smallest absolute Gasteiger partial charge is 0.417 e. The van der Waals surface area contributed by atoms with Crippen LogP contribution in [0.2, 0.25) is 0 Å². The second kappa shape index (κ2) is 6.76. The van der Waals surface area contributed by atoms with Gasteiger partial charge in [0.2, 0.25) is 0 Å². The summed E-state index contributed by atoms with van der Waals surface area (Å²) < 4.78 is 45.5. The van der Waals surface area contributed by atoms with E-state index in [2.05, 4.69) is 21.2 Å². The number of halogens is 4. The van der Waals surface area contributed by atoms with Gasteiger partial charge in [-0.05, 0) is 42.5 Å². The lowest BCUT2D eigenvalue weighted by Gasteiger charge is -2.10. The Morgan fingerprint density at radius 1 is 0.960 bits per heavy atom. The number of carbonyl (C=O) groups is 1. The van der Waals surface area contributed by atoms with Crippen LogP contribution in [-0.4, -0.2) is 5.91 Å². The Morgan fingerprint density at radius 2 is 1.64 bits per heavy atom. The number of anilines is 1. The van der Waals surface area contributed by atoms with Crippen molar-refractivity contribution < 1.29 is 22.4 Å². The van der Waals surface area contributed by atoms with Gasteiger partial charge in [0.25, 0.3) is 5.91 Å². The van der Waals surface area contributed by atoms with Crippen molar-refractivity contribution in [1.29, 1.82) is 0 Å². The van der Waals surface area contributed by atoms with E-state index < -0.39 is 17.6 Å². The topological polar surface area (TPSA) is 42.2 Å². The van der Waals surface area contributed by atoms with Gasteiger partial charge < -0.3 is 9.73 Å². The van der Waals surface area contributed by atoms with E-state index in [0.717, 1.165) is 10.5 Å². The fourth-order valence-corrected chi connectivity index (χ4v) is 2.54. The number of furan rings is 1. The average molecular weight is 410 g/mol. The van der Waals surface area contributed by atoms with Gasteiger partial charge in [0.1, 0.15) is 5.76 Å². The number of benzene rings is 2. The molecule has 3 aromatic rings. The summed E-state index contributed by atoms with van der Waals surface area (Å²) >= 11 is 3.29. The van der Waals surface area contributed by atoms with Gasteiger partial charge in [-0.3, -0.25) is 4.79 Å². The van der Waals surface area contributed by atoms with Crippen molar-refractivity contribution in [3.63, 3.8) is 0 Å². The molecule has 3 nitrogen and oxygen atoms in total. The number of hydrogen-bond acceptors (Lipinski definition) is 2. The summed E-state index contributed by atoms with van der Waals surface area (Å²) in [5.74, 6) is -0.637. The first-order valence-electron chi connectivity index (χ1n) is 7.18. The highest BCUT2D eigenvalue weighted by Crippen LogP contribution is 2.37. The Balaban J connectivity index is 1.86. The molecule has 0 aliphatic carbocycles. The average Bonchev–Trinajstić information content (AvgIpc) is 3.06. The molecule has 0 bridgehead atoms. The Labute approximate surface area is 149 Å². The van der Waals surface area contributed by atoms with Crippen LogP contribution in [0.4, 0.5) is 18.9 Å². The molecule has 0 spiro atoms. The molecule has 1 N–H and O–H groups in total. The van der Waals surface area contributed by atoms with Gasteiger partial charge in [0, 0.05) is 15.7 Å². The van der Waals surface area contributed by atoms with Gasteiger partial charge in [-0.15, -0.1) is 0 Å². The molecule has 0 fully saturated rings. The van der Waals surface area contributed by atoms with Crippen LogP contribution in [-0.2, 0) is 6.18 Å². The quantitative estimate of drug-likeness (QED) is 0.577. The summed E-state index contributed by atoms with van der Waals surface area (Å²) in [6.45, 7) is 0. The second-order valence-electron chi connectivity index (χ2n) is 5.17. The van der Waals surface area contributed by atoms with Crippen LogP contribution in [0.1, 0.15) is 16.1 Å². The molecule has 1 aromatic heterocycles. The number of carbonyl (C=O) groups excluding carboxylic acids is 1. The molecule has 0 radical (unpaired) electrons. The van der Waals surface area contributed by atoms with E-state index >= 15 is 0 Å². The van der Waals surface area contributed by atoms with Crippen molar-refractivity contribution in [1.82, 2.24) is 0 Å². The van der Waals surface area contributed by atoms with Crippen molar-refractivity contribution in [2.24, 2.45) is 0 Å². The predicted molar refractivity (Wildman–Crippen MR) is 91.2 cm³/mol. The zero-order valence-electron chi connectivity index (χ0n) is 12.6. The number of rotatable bonds is 3. The summed E-state index contributed by atoms with van der Waals surface area (Å²) in [4.78, 5) is 12.2. The van der Waals surface area contributed by atoms with Crippen LogP contribution in [0.5, 0.6) is 0 Å². The van der Waals surface area contributed by atoms with Crippen LogP contribution in [0.25, 0.3) is 11.3 Å². The Hall–Kier alpha value is -2.54.